The van der Waals surface area contributed by atoms with Gasteiger partial charge >= 0.3 is 0 Å². The summed E-state index contributed by atoms with van der Waals surface area (Å²) in [5.41, 5.74) is 6.05. The lowest BCUT2D eigenvalue weighted by atomic mass is 10.2. The van der Waals surface area contributed by atoms with Gasteiger partial charge in [-0.25, -0.2) is 8.42 Å². The molecule has 1 amide bonds. The van der Waals surface area contributed by atoms with Crippen molar-refractivity contribution < 1.29 is 13.2 Å². The van der Waals surface area contributed by atoms with Crippen LogP contribution in [0.25, 0.3) is 0 Å². The maximum Gasteiger partial charge on any atom is 0.241 e. The second kappa shape index (κ2) is 5.29. The van der Waals surface area contributed by atoms with E-state index < -0.39 is 22.0 Å². The average Bonchev–Trinajstić information content (AvgIpc) is 2.26. The largest absolute Gasteiger partial charge is 0.368 e. The molecule has 3 N–H and O–H groups in total. The van der Waals surface area contributed by atoms with E-state index in [-0.39, 0.29) is 4.90 Å². The fourth-order valence-corrected chi connectivity index (χ4v) is 2.60. The molecule has 0 saturated heterocycles. The molecule has 0 heterocycles. The molecule has 1 rings (SSSR count). The number of carbonyl (C=O) groups is 1. The van der Waals surface area contributed by atoms with Gasteiger partial charge in [-0.1, -0.05) is 24.6 Å². The highest BCUT2D eigenvalue weighted by Gasteiger charge is 2.22. The number of hydrogen-bond donors (Lipinski definition) is 2. The Bertz CT molecular complexity index is 494. The molecule has 1 unspecified atom stereocenters. The van der Waals surface area contributed by atoms with E-state index in [1.54, 1.807) is 19.1 Å². The summed E-state index contributed by atoms with van der Waals surface area (Å²) < 4.78 is 26.1. The zero-order valence-electron chi connectivity index (χ0n) is 9.80. The first-order valence-electron chi connectivity index (χ1n) is 5.25. The van der Waals surface area contributed by atoms with Crippen LogP contribution in [0.15, 0.2) is 29.2 Å². The van der Waals surface area contributed by atoms with Gasteiger partial charge in [0.15, 0.2) is 0 Å². The van der Waals surface area contributed by atoms with Gasteiger partial charge in [0.25, 0.3) is 0 Å². The predicted molar refractivity (Wildman–Crippen MR) is 64.8 cm³/mol. The van der Waals surface area contributed by atoms with Crippen molar-refractivity contribution in [2.75, 3.05) is 0 Å². The van der Waals surface area contributed by atoms with E-state index in [1.807, 2.05) is 6.92 Å². The van der Waals surface area contributed by atoms with Crippen molar-refractivity contribution in [1.82, 2.24) is 4.72 Å². The van der Waals surface area contributed by atoms with Crippen molar-refractivity contribution in [2.45, 2.75) is 31.2 Å². The van der Waals surface area contributed by atoms with Gasteiger partial charge in [-0.15, -0.1) is 0 Å². The summed E-state index contributed by atoms with van der Waals surface area (Å²) in [7, 11) is -3.68. The molecule has 0 fully saturated rings. The number of aryl methyl sites for hydroxylation is 1. The van der Waals surface area contributed by atoms with Gasteiger partial charge in [-0.05, 0) is 25.5 Å². The second-order valence-corrected chi connectivity index (χ2v) is 5.51. The monoisotopic (exact) mass is 256 g/mol. The minimum absolute atomic E-state index is 0.128. The number of carbonyl (C=O) groups excluding carboxylic acids is 1. The lowest BCUT2D eigenvalue weighted by molar-refractivity contribution is -0.119. The quantitative estimate of drug-likeness (QED) is 0.805. The third-order valence-corrected chi connectivity index (χ3v) is 3.87. The normalized spacial score (nSPS) is 13.3. The molecule has 0 aliphatic heterocycles. The predicted octanol–water partition coefficient (Wildman–Crippen LogP) is 0.537. The van der Waals surface area contributed by atoms with E-state index in [0.29, 0.717) is 6.42 Å². The molecule has 0 radical (unpaired) electrons. The zero-order chi connectivity index (χ0) is 13.1. The van der Waals surface area contributed by atoms with Crippen molar-refractivity contribution in [2.24, 2.45) is 5.73 Å². The highest BCUT2D eigenvalue weighted by Crippen LogP contribution is 2.10. The first kappa shape index (κ1) is 13.7. The van der Waals surface area contributed by atoms with Crippen molar-refractivity contribution in [3.05, 3.63) is 29.8 Å². The summed E-state index contributed by atoms with van der Waals surface area (Å²) in [4.78, 5) is 11.1. The second-order valence-electron chi connectivity index (χ2n) is 3.80. The number of nitrogens with two attached hydrogens (primary N) is 1. The summed E-state index contributed by atoms with van der Waals surface area (Å²) in [6.07, 6.45) is 0.320. The fourth-order valence-electron chi connectivity index (χ4n) is 1.32. The van der Waals surface area contributed by atoms with Gasteiger partial charge in [-0.2, -0.15) is 4.72 Å². The molecule has 0 saturated carbocycles. The Morgan fingerprint density at radius 3 is 2.29 bits per heavy atom. The number of sulfonamides is 1. The van der Waals surface area contributed by atoms with Gasteiger partial charge in [0.1, 0.15) is 6.04 Å². The molecule has 0 aliphatic rings. The van der Waals surface area contributed by atoms with Crippen molar-refractivity contribution >= 4 is 15.9 Å². The number of nitrogens with one attached hydrogen (secondary N) is 1. The molecule has 1 atom stereocenters. The molecule has 0 bridgehead atoms. The van der Waals surface area contributed by atoms with Crippen LogP contribution in [-0.4, -0.2) is 20.4 Å². The Balaban J connectivity index is 2.96. The van der Waals surface area contributed by atoms with Crippen LogP contribution in [0.3, 0.4) is 0 Å². The maximum atomic E-state index is 11.9. The standard InChI is InChI=1S/C11H16N2O3S/c1-3-10(11(12)14)13-17(15,16)9-6-4-8(2)5-7-9/h4-7,10,13H,3H2,1-2H3,(H2,12,14). The van der Waals surface area contributed by atoms with Crippen LogP contribution >= 0.6 is 0 Å². The van der Waals surface area contributed by atoms with E-state index in [4.69, 9.17) is 5.73 Å². The first-order valence-corrected chi connectivity index (χ1v) is 6.73. The third kappa shape index (κ3) is 3.54. The Morgan fingerprint density at radius 1 is 1.35 bits per heavy atom. The van der Waals surface area contributed by atoms with Crippen LogP contribution < -0.4 is 10.5 Å². The average molecular weight is 256 g/mol. The molecule has 0 aromatic heterocycles. The lowest BCUT2D eigenvalue weighted by Crippen LogP contribution is -2.43. The molecule has 94 valence electrons. The fraction of sp³-hybridized carbons (Fsp3) is 0.364. The molecule has 17 heavy (non-hydrogen) atoms. The molecule has 5 nitrogen and oxygen atoms in total. The van der Waals surface area contributed by atoms with E-state index in [0.717, 1.165) is 5.56 Å². The molecule has 0 aliphatic carbocycles. The highest BCUT2D eigenvalue weighted by molar-refractivity contribution is 7.89. The number of amides is 1. The molecule has 1 aromatic carbocycles. The van der Waals surface area contributed by atoms with Crippen molar-refractivity contribution in [3.63, 3.8) is 0 Å². The van der Waals surface area contributed by atoms with E-state index in [9.17, 15) is 13.2 Å². The zero-order valence-corrected chi connectivity index (χ0v) is 10.6. The minimum atomic E-state index is -3.68. The Kier molecular flexibility index (Phi) is 4.25. The van der Waals surface area contributed by atoms with Gasteiger partial charge in [-0.3, -0.25) is 4.79 Å². The van der Waals surface area contributed by atoms with Gasteiger partial charge in [0.2, 0.25) is 15.9 Å². The Morgan fingerprint density at radius 2 is 1.88 bits per heavy atom. The van der Waals surface area contributed by atoms with E-state index >= 15 is 0 Å². The van der Waals surface area contributed by atoms with Crippen LogP contribution in [0.5, 0.6) is 0 Å². The van der Waals surface area contributed by atoms with Crippen LogP contribution in [0, 0.1) is 6.92 Å². The van der Waals surface area contributed by atoms with Crippen molar-refractivity contribution in [3.8, 4) is 0 Å². The number of primary amides is 1. The smallest absolute Gasteiger partial charge is 0.241 e. The van der Waals surface area contributed by atoms with Gasteiger partial charge < -0.3 is 5.73 Å². The number of rotatable bonds is 5. The van der Waals surface area contributed by atoms with Crippen LogP contribution in [0.4, 0.5) is 0 Å². The summed E-state index contributed by atoms with van der Waals surface area (Å²) in [5, 5.41) is 0. The van der Waals surface area contributed by atoms with E-state index in [1.165, 1.54) is 12.1 Å². The summed E-state index contributed by atoms with van der Waals surface area (Å²) in [6.45, 7) is 3.55. The Labute approximate surface area is 101 Å². The molecular formula is C11H16N2O3S. The molecule has 1 aromatic rings. The molecule has 0 spiro atoms. The minimum Gasteiger partial charge on any atom is -0.368 e. The first-order chi connectivity index (χ1) is 7.86. The van der Waals surface area contributed by atoms with Gasteiger partial charge in [0.05, 0.1) is 4.90 Å². The van der Waals surface area contributed by atoms with Crippen LogP contribution in [-0.2, 0) is 14.8 Å². The van der Waals surface area contributed by atoms with Crippen LogP contribution in [0.2, 0.25) is 0 Å². The highest BCUT2D eigenvalue weighted by atomic mass is 32.2. The Hall–Kier alpha value is -1.40. The van der Waals surface area contributed by atoms with Crippen LogP contribution in [0.1, 0.15) is 18.9 Å². The summed E-state index contributed by atoms with van der Waals surface area (Å²) >= 11 is 0. The van der Waals surface area contributed by atoms with Gasteiger partial charge in [0, 0.05) is 0 Å². The molecule has 6 heteroatoms. The van der Waals surface area contributed by atoms with E-state index in [2.05, 4.69) is 4.72 Å². The lowest BCUT2D eigenvalue weighted by Gasteiger charge is -2.13. The summed E-state index contributed by atoms with van der Waals surface area (Å²) in [6, 6.07) is 5.50. The topological polar surface area (TPSA) is 89.3 Å². The number of benzene rings is 1. The summed E-state index contributed by atoms with van der Waals surface area (Å²) in [5.74, 6) is -0.678. The third-order valence-electron chi connectivity index (χ3n) is 2.38. The number of hydrogen-bond acceptors (Lipinski definition) is 3. The van der Waals surface area contributed by atoms with Crippen molar-refractivity contribution in [1.29, 1.82) is 0 Å². The SMILES string of the molecule is CCC(NS(=O)(=O)c1ccc(C)cc1)C(N)=O. The molecular weight excluding hydrogens is 240 g/mol. The maximum absolute atomic E-state index is 11.9.